The maximum atomic E-state index is 11.3. The van der Waals surface area contributed by atoms with Crippen LogP contribution in [0.25, 0.3) is 0 Å². The highest BCUT2D eigenvalue weighted by Crippen LogP contribution is 2.32. The van der Waals surface area contributed by atoms with Crippen LogP contribution in [0, 0.1) is 11.8 Å². The lowest BCUT2D eigenvalue weighted by Gasteiger charge is -2.46. The van der Waals surface area contributed by atoms with Gasteiger partial charge in [-0.3, -0.25) is 9.11 Å². The first-order valence-electron chi connectivity index (χ1n) is 6.96. The summed E-state index contributed by atoms with van der Waals surface area (Å²) in [5.41, 5.74) is 0. The van der Waals surface area contributed by atoms with E-state index < -0.39 is 10.8 Å². The van der Waals surface area contributed by atoms with Crippen molar-refractivity contribution < 1.29 is 4.21 Å². The van der Waals surface area contributed by atoms with Crippen LogP contribution in [0.1, 0.15) is 26.7 Å². The quantitative estimate of drug-likeness (QED) is 0.801. The van der Waals surface area contributed by atoms with Crippen molar-refractivity contribution in [3.8, 4) is 0 Å². The lowest BCUT2D eigenvalue weighted by atomic mass is 9.78. The SMILES string of the molecule is CC(C)CNCC1CCC1N1CCS(=O)CC1. The molecule has 4 heteroatoms. The van der Waals surface area contributed by atoms with Crippen molar-refractivity contribution in [1.29, 1.82) is 0 Å². The number of nitrogens with one attached hydrogen (secondary N) is 1. The van der Waals surface area contributed by atoms with Crippen molar-refractivity contribution >= 4 is 10.8 Å². The highest BCUT2D eigenvalue weighted by molar-refractivity contribution is 7.85. The topological polar surface area (TPSA) is 32.3 Å². The van der Waals surface area contributed by atoms with Crippen molar-refractivity contribution in [2.75, 3.05) is 37.7 Å². The first-order chi connectivity index (χ1) is 8.16. The Bertz CT molecular complexity index is 260. The maximum absolute atomic E-state index is 11.3. The molecule has 2 atom stereocenters. The molecule has 3 nitrogen and oxygen atoms in total. The van der Waals surface area contributed by atoms with Crippen LogP contribution in [-0.2, 0) is 10.8 Å². The van der Waals surface area contributed by atoms with E-state index in [-0.39, 0.29) is 0 Å². The smallest absolute Gasteiger partial charge is 0.0363 e. The zero-order valence-electron chi connectivity index (χ0n) is 11.2. The van der Waals surface area contributed by atoms with Gasteiger partial charge in [0, 0.05) is 41.4 Å². The molecule has 2 rings (SSSR count). The molecule has 0 amide bonds. The number of hydrogen-bond donors (Lipinski definition) is 1. The normalized spacial score (nSPS) is 31.7. The molecule has 0 spiro atoms. The first kappa shape index (κ1) is 13.5. The van der Waals surface area contributed by atoms with E-state index in [0.717, 1.165) is 49.0 Å². The van der Waals surface area contributed by atoms with E-state index >= 15 is 0 Å². The Morgan fingerprint density at radius 3 is 2.53 bits per heavy atom. The van der Waals surface area contributed by atoms with Gasteiger partial charge >= 0.3 is 0 Å². The molecule has 1 aliphatic heterocycles. The molecule has 100 valence electrons. The Labute approximate surface area is 108 Å². The predicted molar refractivity (Wildman–Crippen MR) is 73.7 cm³/mol. The minimum Gasteiger partial charge on any atom is -0.316 e. The predicted octanol–water partition coefficient (Wildman–Crippen LogP) is 1.07. The minimum absolute atomic E-state index is 0.535. The van der Waals surface area contributed by atoms with Gasteiger partial charge in [0.15, 0.2) is 0 Å². The molecule has 1 saturated heterocycles. The van der Waals surface area contributed by atoms with Crippen LogP contribution in [0.4, 0.5) is 0 Å². The average molecular weight is 258 g/mol. The summed E-state index contributed by atoms with van der Waals surface area (Å²) in [7, 11) is -0.535. The van der Waals surface area contributed by atoms with E-state index in [1.807, 2.05) is 0 Å². The van der Waals surface area contributed by atoms with E-state index in [4.69, 9.17) is 0 Å². The van der Waals surface area contributed by atoms with E-state index in [9.17, 15) is 4.21 Å². The second kappa shape index (κ2) is 6.30. The van der Waals surface area contributed by atoms with Crippen LogP contribution in [0.2, 0.25) is 0 Å². The summed E-state index contributed by atoms with van der Waals surface area (Å²) < 4.78 is 11.3. The molecule has 1 N–H and O–H groups in total. The van der Waals surface area contributed by atoms with E-state index in [2.05, 4.69) is 24.1 Å². The highest BCUT2D eigenvalue weighted by Gasteiger charge is 2.36. The summed E-state index contributed by atoms with van der Waals surface area (Å²) in [5.74, 6) is 3.36. The molecule has 1 aliphatic carbocycles. The molecular weight excluding hydrogens is 232 g/mol. The zero-order valence-corrected chi connectivity index (χ0v) is 12.0. The van der Waals surface area contributed by atoms with Crippen molar-refractivity contribution in [2.24, 2.45) is 11.8 Å². The van der Waals surface area contributed by atoms with Crippen LogP contribution in [0.5, 0.6) is 0 Å². The Balaban J connectivity index is 1.69. The molecule has 2 aliphatic rings. The van der Waals surface area contributed by atoms with Crippen LogP contribution in [-0.4, -0.2) is 52.8 Å². The molecule has 2 fully saturated rings. The fraction of sp³-hybridized carbons (Fsp3) is 1.00. The van der Waals surface area contributed by atoms with Crippen molar-refractivity contribution in [1.82, 2.24) is 10.2 Å². The fourth-order valence-electron chi connectivity index (χ4n) is 2.81. The average Bonchev–Trinajstić information content (AvgIpc) is 2.25. The van der Waals surface area contributed by atoms with Gasteiger partial charge in [0.1, 0.15) is 0 Å². The first-order valence-corrected chi connectivity index (χ1v) is 8.45. The molecule has 1 heterocycles. The van der Waals surface area contributed by atoms with Gasteiger partial charge in [-0.25, -0.2) is 0 Å². The Hall–Kier alpha value is 0.0700. The van der Waals surface area contributed by atoms with Crippen LogP contribution in [0.15, 0.2) is 0 Å². The minimum atomic E-state index is -0.535. The largest absolute Gasteiger partial charge is 0.316 e. The van der Waals surface area contributed by atoms with Crippen LogP contribution < -0.4 is 5.32 Å². The van der Waals surface area contributed by atoms with Gasteiger partial charge in [-0.1, -0.05) is 13.8 Å². The van der Waals surface area contributed by atoms with Gasteiger partial charge in [-0.05, 0) is 37.8 Å². The van der Waals surface area contributed by atoms with Gasteiger partial charge in [-0.2, -0.15) is 0 Å². The molecule has 0 bridgehead atoms. The van der Waals surface area contributed by atoms with Gasteiger partial charge in [0.2, 0.25) is 0 Å². The third-order valence-electron chi connectivity index (χ3n) is 4.02. The number of nitrogens with zero attached hydrogens (tertiary/aromatic N) is 1. The number of rotatable bonds is 5. The summed E-state index contributed by atoms with van der Waals surface area (Å²) in [5, 5.41) is 3.58. The van der Waals surface area contributed by atoms with Crippen molar-refractivity contribution in [2.45, 2.75) is 32.7 Å². The second-order valence-electron chi connectivity index (χ2n) is 5.84. The Morgan fingerprint density at radius 1 is 1.29 bits per heavy atom. The third-order valence-corrected chi connectivity index (χ3v) is 5.29. The lowest BCUT2D eigenvalue weighted by Crippen LogP contribution is -2.54. The molecule has 2 unspecified atom stereocenters. The molecule has 1 saturated carbocycles. The molecule has 0 radical (unpaired) electrons. The number of hydrogen-bond acceptors (Lipinski definition) is 3. The summed E-state index contributed by atoms with van der Waals surface area (Å²) in [6.45, 7) is 8.92. The van der Waals surface area contributed by atoms with Crippen LogP contribution in [0.3, 0.4) is 0 Å². The van der Waals surface area contributed by atoms with Crippen molar-refractivity contribution in [3.63, 3.8) is 0 Å². The summed E-state index contributed by atoms with van der Waals surface area (Å²) in [4.78, 5) is 2.58. The van der Waals surface area contributed by atoms with E-state index in [0.29, 0.717) is 0 Å². The summed E-state index contributed by atoms with van der Waals surface area (Å²) in [6.07, 6.45) is 2.72. The van der Waals surface area contributed by atoms with E-state index in [1.54, 1.807) is 0 Å². The summed E-state index contributed by atoms with van der Waals surface area (Å²) >= 11 is 0. The molecular formula is C13H26N2OS. The Morgan fingerprint density at radius 2 is 2.00 bits per heavy atom. The third kappa shape index (κ3) is 3.76. The van der Waals surface area contributed by atoms with Crippen molar-refractivity contribution in [3.05, 3.63) is 0 Å². The van der Waals surface area contributed by atoms with Gasteiger partial charge < -0.3 is 5.32 Å². The van der Waals surface area contributed by atoms with Crippen LogP contribution >= 0.6 is 0 Å². The van der Waals surface area contributed by atoms with Gasteiger partial charge in [0.05, 0.1) is 0 Å². The standard InChI is InChI=1S/C13H26N2OS/c1-11(2)9-14-10-12-3-4-13(12)15-5-7-17(16)8-6-15/h11-14H,3-10H2,1-2H3. The summed E-state index contributed by atoms with van der Waals surface area (Å²) in [6, 6.07) is 0.770. The fourth-order valence-corrected chi connectivity index (χ4v) is 3.89. The van der Waals surface area contributed by atoms with Gasteiger partial charge in [0.25, 0.3) is 0 Å². The van der Waals surface area contributed by atoms with Gasteiger partial charge in [-0.15, -0.1) is 0 Å². The highest BCUT2D eigenvalue weighted by atomic mass is 32.2. The lowest BCUT2D eigenvalue weighted by molar-refractivity contribution is 0.0693. The zero-order chi connectivity index (χ0) is 12.3. The monoisotopic (exact) mass is 258 g/mol. The molecule has 0 aromatic rings. The maximum Gasteiger partial charge on any atom is 0.0363 e. The Kier molecular flexibility index (Phi) is 5.00. The molecule has 0 aromatic heterocycles. The second-order valence-corrected chi connectivity index (χ2v) is 7.54. The van der Waals surface area contributed by atoms with E-state index in [1.165, 1.54) is 19.4 Å². The molecule has 17 heavy (non-hydrogen) atoms. The molecule has 0 aromatic carbocycles.